The number of aliphatic carboxylic acids is 1. The van der Waals surface area contributed by atoms with E-state index in [-0.39, 0.29) is 0 Å². The van der Waals surface area contributed by atoms with Crippen molar-refractivity contribution in [2.45, 2.75) is 47.0 Å². The van der Waals surface area contributed by atoms with Crippen molar-refractivity contribution in [2.24, 2.45) is 5.73 Å². The third kappa shape index (κ3) is 9.93. The number of rotatable bonds is 7. The fraction of sp³-hybridized carbons (Fsp3) is 0.917. The van der Waals surface area contributed by atoms with E-state index in [0.717, 1.165) is 18.1 Å². The Kier molecular flexibility index (Phi) is 12.1. The number of hydrogen-bond acceptors (Lipinski definition) is 3. The van der Waals surface area contributed by atoms with Crippen LogP contribution in [0.1, 0.15) is 47.0 Å². The zero-order valence-electron chi connectivity index (χ0n) is 11.3. The first-order valence-corrected chi connectivity index (χ1v) is 6.20. The van der Waals surface area contributed by atoms with Crippen LogP contribution in [0.4, 0.5) is 0 Å². The van der Waals surface area contributed by atoms with Crippen molar-refractivity contribution in [3.05, 3.63) is 0 Å². The number of nitrogens with zero attached hydrogens (tertiary/aromatic N) is 1. The van der Waals surface area contributed by atoms with Crippen LogP contribution in [0.5, 0.6) is 0 Å². The van der Waals surface area contributed by atoms with Gasteiger partial charge in [-0.1, -0.05) is 20.8 Å². The van der Waals surface area contributed by atoms with Gasteiger partial charge in [0.25, 0.3) is 0 Å². The highest BCUT2D eigenvalue weighted by Gasteiger charge is 2.21. The van der Waals surface area contributed by atoms with Gasteiger partial charge in [0.2, 0.25) is 0 Å². The van der Waals surface area contributed by atoms with Crippen LogP contribution in [-0.4, -0.2) is 36.8 Å². The highest BCUT2D eigenvalue weighted by Crippen LogP contribution is 2.08. The van der Waals surface area contributed by atoms with E-state index in [9.17, 15) is 0 Å². The average molecular weight is 232 g/mol. The number of carboxylic acid groups (broad SMARTS) is 1. The molecule has 0 bridgehead atoms. The third-order valence-electron chi connectivity index (χ3n) is 2.48. The van der Waals surface area contributed by atoms with Gasteiger partial charge in [0.15, 0.2) is 0 Å². The quantitative estimate of drug-likeness (QED) is 0.519. The predicted molar refractivity (Wildman–Crippen MR) is 65.5 cm³/mol. The van der Waals surface area contributed by atoms with Crippen LogP contribution in [0.3, 0.4) is 0 Å². The number of nitrogens with two attached hydrogens (primary N) is 1. The third-order valence-corrected chi connectivity index (χ3v) is 2.48. The van der Waals surface area contributed by atoms with Gasteiger partial charge in [-0.05, 0) is 26.2 Å². The summed E-state index contributed by atoms with van der Waals surface area (Å²) >= 11 is 0. The monoisotopic (exact) mass is 232 g/mol. The molecule has 2 N–H and O–H groups in total. The standard InChI is InChI=1S/C10H25N2.C2H4O2/c1-4-7-12(10-11,8-5-2)9-6-3;1-2(3)4/h4-11H2,1-3H3;1H3,(H,3,4)/q+1;/p-1. The topological polar surface area (TPSA) is 66.1 Å². The molecule has 4 nitrogen and oxygen atoms in total. The fourth-order valence-corrected chi connectivity index (χ4v) is 2.03. The lowest BCUT2D eigenvalue weighted by Crippen LogP contribution is -2.53. The van der Waals surface area contributed by atoms with Crippen molar-refractivity contribution in [3.8, 4) is 0 Å². The molecular formula is C12H28N2O2. The van der Waals surface area contributed by atoms with E-state index in [1.165, 1.54) is 38.9 Å². The van der Waals surface area contributed by atoms with E-state index in [2.05, 4.69) is 20.8 Å². The van der Waals surface area contributed by atoms with Gasteiger partial charge in [0, 0.05) is 5.97 Å². The summed E-state index contributed by atoms with van der Waals surface area (Å²) in [4.78, 5) is 8.89. The van der Waals surface area contributed by atoms with Crippen LogP contribution in [0.15, 0.2) is 0 Å². The second kappa shape index (κ2) is 10.9. The van der Waals surface area contributed by atoms with Crippen molar-refractivity contribution in [1.82, 2.24) is 0 Å². The summed E-state index contributed by atoms with van der Waals surface area (Å²) in [7, 11) is 0. The van der Waals surface area contributed by atoms with E-state index in [4.69, 9.17) is 15.6 Å². The molecule has 0 amide bonds. The normalized spacial score (nSPS) is 10.6. The minimum Gasteiger partial charge on any atom is -0.550 e. The smallest absolute Gasteiger partial charge is 0.130 e. The van der Waals surface area contributed by atoms with Gasteiger partial charge in [-0.3, -0.25) is 5.73 Å². The maximum Gasteiger partial charge on any atom is 0.130 e. The Morgan fingerprint density at radius 3 is 1.44 bits per heavy atom. The van der Waals surface area contributed by atoms with E-state index in [0.29, 0.717) is 0 Å². The van der Waals surface area contributed by atoms with Crippen LogP contribution in [-0.2, 0) is 4.79 Å². The number of hydrogen-bond donors (Lipinski definition) is 1. The summed E-state index contributed by atoms with van der Waals surface area (Å²) < 4.78 is 1.13. The van der Waals surface area contributed by atoms with E-state index >= 15 is 0 Å². The van der Waals surface area contributed by atoms with Gasteiger partial charge in [0.05, 0.1) is 19.6 Å². The molecule has 0 rings (SSSR count). The minimum atomic E-state index is -1.08. The molecule has 0 aliphatic heterocycles. The second-order valence-electron chi connectivity index (χ2n) is 4.19. The van der Waals surface area contributed by atoms with Gasteiger partial charge in [0.1, 0.15) is 6.67 Å². The highest BCUT2D eigenvalue weighted by atomic mass is 16.4. The lowest BCUT2D eigenvalue weighted by atomic mass is 10.2. The van der Waals surface area contributed by atoms with Crippen molar-refractivity contribution in [3.63, 3.8) is 0 Å². The second-order valence-corrected chi connectivity index (χ2v) is 4.19. The van der Waals surface area contributed by atoms with Crippen LogP contribution in [0.2, 0.25) is 0 Å². The summed E-state index contributed by atoms with van der Waals surface area (Å²) in [5.41, 5.74) is 5.84. The number of carbonyl (C=O) groups excluding carboxylic acids is 1. The molecule has 0 fully saturated rings. The molecule has 0 spiro atoms. The molecule has 0 aromatic heterocycles. The summed E-state index contributed by atoms with van der Waals surface area (Å²) in [5.74, 6) is -1.08. The highest BCUT2D eigenvalue weighted by molar-refractivity contribution is 5.60. The van der Waals surface area contributed by atoms with Gasteiger partial charge >= 0.3 is 0 Å². The van der Waals surface area contributed by atoms with Crippen LogP contribution < -0.4 is 10.8 Å². The molecule has 0 heterocycles. The Hall–Kier alpha value is -0.610. The summed E-state index contributed by atoms with van der Waals surface area (Å²) in [6.45, 7) is 12.3. The van der Waals surface area contributed by atoms with Gasteiger partial charge in [-0.2, -0.15) is 0 Å². The van der Waals surface area contributed by atoms with E-state index in [1.807, 2.05) is 0 Å². The minimum absolute atomic E-state index is 0.815. The number of quaternary nitrogens is 1. The fourth-order valence-electron chi connectivity index (χ4n) is 2.03. The summed E-state index contributed by atoms with van der Waals surface area (Å²) in [6, 6.07) is 0. The summed E-state index contributed by atoms with van der Waals surface area (Å²) in [6.07, 6.45) is 3.74. The van der Waals surface area contributed by atoms with Crippen molar-refractivity contribution in [1.29, 1.82) is 0 Å². The SMILES string of the molecule is CC(=O)[O-].CCC[N+](CN)(CCC)CCC. The molecule has 0 aromatic rings. The van der Waals surface area contributed by atoms with Crippen molar-refractivity contribution >= 4 is 5.97 Å². The average Bonchev–Trinajstić information content (AvgIpc) is 2.18. The molecule has 0 atom stereocenters. The zero-order chi connectivity index (χ0) is 13.0. The van der Waals surface area contributed by atoms with Gasteiger partial charge in [-0.15, -0.1) is 0 Å². The van der Waals surface area contributed by atoms with Crippen molar-refractivity contribution < 1.29 is 14.4 Å². The zero-order valence-corrected chi connectivity index (χ0v) is 11.3. The first-order valence-electron chi connectivity index (χ1n) is 6.20. The Balaban J connectivity index is 0. The first-order chi connectivity index (χ1) is 7.47. The molecular weight excluding hydrogens is 204 g/mol. The molecule has 0 aliphatic carbocycles. The Morgan fingerprint density at radius 1 is 1.06 bits per heavy atom. The first kappa shape index (κ1) is 17.8. The molecule has 98 valence electrons. The molecule has 0 aliphatic rings. The molecule has 0 unspecified atom stereocenters. The van der Waals surface area contributed by atoms with Crippen molar-refractivity contribution in [2.75, 3.05) is 26.3 Å². The van der Waals surface area contributed by atoms with Gasteiger partial charge < -0.3 is 14.4 Å². The number of carboxylic acids is 1. The Labute approximate surface area is 100 Å². The van der Waals surface area contributed by atoms with E-state index < -0.39 is 5.97 Å². The molecule has 0 saturated carbocycles. The maximum absolute atomic E-state index is 8.89. The Bertz CT molecular complexity index is 151. The lowest BCUT2D eigenvalue weighted by molar-refractivity contribution is -0.928. The maximum atomic E-state index is 8.89. The molecule has 0 aromatic carbocycles. The predicted octanol–water partition coefficient (Wildman–Crippen LogP) is 0.706. The Morgan fingerprint density at radius 2 is 1.31 bits per heavy atom. The largest absolute Gasteiger partial charge is 0.550 e. The molecule has 0 radical (unpaired) electrons. The molecule has 16 heavy (non-hydrogen) atoms. The lowest BCUT2D eigenvalue weighted by Gasteiger charge is -2.36. The van der Waals surface area contributed by atoms with Crippen LogP contribution in [0.25, 0.3) is 0 Å². The van der Waals surface area contributed by atoms with Crippen LogP contribution >= 0.6 is 0 Å². The number of carbonyl (C=O) groups is 1. The molecule has 0 saturated heterocycles. The van der Waals surface area contributed by atoms with Crippen LogP contribution in [0, 0.1) is 0 Å². The van der Waals surface area contributed by atoms with Gasteiger partial charge in [-0.25, -0.2) is 0 Å². The van der Waals surface area contributed by atoms with E-state index in [1.54, 1.807) is 0 Å². The summed E-state index contributed by atoms with van der Waals surface area (Å²) in [5, 5.41) is 8.89. The molecule has 4 heteroatoms.